The fourth-order valence-corrected chi connectivity index (χ4v) is 1.60. The molecule has 0 radical (unpaired) electrons. The quantitative estimate of drug-likeness (QED) is 0.477. The molecule has 0 aliphatic rings. The Morgan fingerprint density at radius 1 is 1.53 bits per heavy atom. The predicted molar refractivity (Wildman–Crippen MR) is 62.3 cm³/mol. The van der Waals surface area contributed by atoms with E-state index in [1.165, 1.54) is 10.7 Å². The Hall–Kier alpha value is -1.95. The largest absolute Gasteiger partial charge is 0.272 e. The molecule has 1 heterocycles. The molecule has 88 valence electrons. The molecule has 0 saturated carbocycles. The topological polar surface area (TPSA) is 73.8 Å². The summed E-state index contributed by atoms with van der Waals surface area (Å²) >= 11 is 5.62. The van der Waals surface area contributed by atoms with Gasteiger partial charge in [0, 0.05) is 11.6 Å². The van der Waals surface area contributed by atoms with Crippen molar-refractivity contribution in [1.29, 1.82) is 0 Å². The molecule has 1 aromatic heterocycles. The van der Waals surface area contributed by atoms with Gasteiger partial charge in [-0.15, -0.1) is 16.7 Å². The van der Waals surface area contributed by atoms with E-state index in [2.05, 4.69) is 10.3 Å². The smallest absolute Gasteiger partial charge is 0.258 e. The summed E-state index contributed by atoms with van der Waals surface area (Å²) in [5.74, 6) is 0.284. The number of hydrogen-bond acceptors (Lipinski definition) is 4. The molecule has 2 aromatic rings. The molecule has 0 spiro atoms. The molecular weight excluding hydrogens is 244 g/mol. The van der Waals surface area contributed by atoms with Crippen molar-refractivity contribution in [3.8, 4) is 5.69 Å². The van der Waals surface area contributed by atoms with Crippen molar-refractivity contribution < 1.29 is 4.92 Å². The minimum absolute atomic E-state index is 0.0893. The van der Waals surface area contributed by atoms with Gasteiger partial charge in [-0.3, -0.25) is 10.1 Å². The molecule has 0 bridgehead atoms. The van der Waals surface area contributed by atoms with Crippen LogP contribution in [0, 0.1) is 17.0 Å². The van der Waals surface area contributed by atoms with Crippen LogP contribution in [0.2, 0.25) is 0 Å². The second-order valence-corrected chi connectivity index (χ2v) is 3.78. The van der Waals surface area contributed by atoms with E-state index < -0.39 is 4.92 Å². The number of aromatic nitrogens is 3. The number of nitro groups is 1. The van der Waals surface area contributed by atoms with Crippen LogP contribution in [0.1, 0.15) is 11.3 Å². The lowest BCUT2D eigenvalue weighted by Crippen LogP contribution is -1.98. The van der Waals surface area contributed by atoms with E-state index in [1.54, 1.807) is 25.3 Å². The van der Waals surface area contributed by atoms with Crippen molar-refractivity contribution in [1.82, 2.24) is 15.0 Å². The highest BCUT2D eigenvalue weighted by Gasteiger charge is 2.11. The van der Waals surface area contributed by atoms with E-state index in [0.29, 0.717) is 11.3 Å². The molecule has 0 saturated heterocycles. The summed E-state index contributed by atoms with van der Waals surface area (Å²) in [6, 6.07) is 4.76. The maximum Gasteiger partial charge on any atom is 0.272 e. The van der Waals surface area contributed by atoms with Crippen LogP contribution in [0.25, 0.3) is 5.69 Å². The Bertz CT molecular complexity index is 567. The Morgan fingerprint density at radius 2 is 2.29 bits per heavy atom. The van der Waals surface area contributed by atoms with Crippen LogP contribution in [0.15, 0.2) is 24.4 Å². The van der Waals surface area contributed by atoms with Crippen LogP contribution in [-0.2, 0) is 5.88 Å². The second kappa shape index (κ2) is 4.50. The molecule has 0 fully saturated rings. The number of nitro benzene ring substituents is 1. The van der Waals surface area contributed by atoms with Gasteiger partial charge in [0.15, 0.2) is 0 Å². The lowest BCUT2D eigenvalue weighted by molar-refractivity contribution is -0.385. The zero-order valence-corrected chi connectivity index (χ0v) is 9.76. The predicted octanol–water partition coefficient (Wildman–Crippen LogP) is 2.22. The number of halogens is 1. The summed E-state index contributed by atoms with van der Waals surface area (Å²) in [5, 5.41) is 18.4. The van der Waals surface area contributed by atoms with Gasteiger partial charge in [0.1, 0.15) is 0 Å². The highest BCUT2D eigenvalue weighted by atomic mass is 35.5. The second-order valence-electron chi connectivity index (χ2n) is 3.52. The minimum Gasteiger partial charge on any atom is -0.258 e. The molecule has 17 heavy (non-hydrogen) atoms. The van der Waals surface area contributed by atoms with E-state index in [0.717, 1.165) is 5.69 Å². The molecule has 0 aliphatic carbocycles. The molecule has 0 amide bonds. The summed E-state index contributed by atoms with van der Waals surface area (Å²) in [6.07, 6.45) is 1.69. The van der Waals surface area contributed by atoms with Crippen molar-refractivity contribution in [2.24, 2.45) is 0 Å². The van der Waals surface area contributed by atoms with E-state index in [1.807, 2.05) is 0 Å². The molecule has 0 aliphatic heterocycles. The van der Waals surface area contributed by atoms with Crippen LogP contribution < -0.4 is 0 Å². The van der Waals surface area contributed by atoms with Crippen molar-refractivity contribution in [2.75, 3.05) is 0 Å². The summed E-state index contributed by atoms with van der Waals surface area (Å²) in [5.41, 5.74) is 2.04. The van der Waals surface area contributed by atoms with Gasteiger partial charge in [-0.1, -0.05) is 5.21 Å². The van der Waals surface area contributed by atoms with E-state index in [9.17, 15) is 10.1 Å². The van der Waals surface area contributed by atoms with Crippen molar-refractivity contribution in [2.45, 2.75) is 12.8 Å². The first kappa shape index (κ1) is 11.5. The molecule has 6 nitrogen and oxygen atoms in total. The maximum absolute atomic E-state index is 10.7. The van der Waals surface area contributed by atoms with Crippen LogP contribution in [-0.4, -0.2) is 19.9 Å². The SMILES string of the molecule is Cc1cc(-n2cc(CCl)nn2)ccc1[N+](=O)[O-]. The number of aryl methyl sites for hydroxylation is 1. The average Bonchev–Trinajstić information content (AvgIpc) is 2.76. The molecular formula is C10H9ClN4O2. The van der Waals surface area contributed by atoms with Gasteiger partial charge >= 0.3 is 0 Å². The first-order chi connectivity index (χ1) is 8.11. The Labute approximate surface area is 102 Å². The third kappa shape index (κ3) is 2.26. The number of alkyl halides is 1. The Balaban J connectivity index is 2.40. The maximum atomic E-state index is 10.7. The van der Waals surface area contributed by atoms with Crippen LogP contribution in [0.3, 0.4) is 0 Å². The van der Waals surface area contributed by atoms with Crippen LogP contribution in [0.5, 0.6) is 0 Å². The number of rotatable bonds is 3. The van der Waals surface area contributed by atoms with E-state index in [4.69, 9.17) is 11.6 Å². The molecule has 0 unspecified atom stereocenters. The summed E-state index contributed by atoms with van der Waals surface area (Å²) < 4.78 is 1.54. The molecule has 0 atom stereocenters. The van der Waals surface area contributed by atoms with Gasteiger partial charge in [0.25, 0.3) is 5.69 Å². The minimum atomic E-state index is -0.412. The lowest BCUT2D eigenvalue weighted by atomic mass is 10.2. The summed E-state index contributed by atoms with van der Waals surface area (Å²) in [6.45, 7) is 1.68. The van der Waals surface area contributed by atoms with Crippen molar-refractivity contribution in [3.05, 3.63) is 45.8 Å². The van der Waals surface area contributed by atoms with Gasteiger partial charge < -0.3 is 0 Å². The molecule has 7 heteroatoms. The highest BCUT2D eigenvalue weighted by Crippen LogP contribution is 2.20. The molecule has 1 aromatic carbocycles. The number of hydrogen-bond donors (Lipinski definition) is 0. The first-order valence-corrected chi connectivity index (χ1v) is 5.38. The average molecular weight is 253 g/mol. The van der Waals surface area contributed by atoms with Crippen LogP contribution in [0.4, 0.5) is 5.69 Å². The highest BCUT2D eigenvalue weighted by molar-refractivity contribution is 6.16. The summed E-state index contributed by atoms with van der Waals surface area (Å²) in [4.78, 5) is 10.3. The molecule has 0 N–H and O–H groups in total. The van der Waals surface area contributed by atoms with Crippen molar-refractivity contribution in [3.63, 3.8) is 0 Å². The third-order valence-electron chi connectivity index (χ3n) is 2.32. The fourth-order valence-electron chi connectivity index (χ4n) is 1.47. The fraction of sp³-hybridized carbons (Fsp3) is 0.200. The van der Waals surface area contributed by atoms with Gasteiger partial charge in [0.05, 0.1) is 28.4 Å². The monoisotopic (exact) mass is 252 g/mol. The van der Waals surface area contributed by atoms with Crippen molar-refractivity contribution >= 4 is 17.3 Å². The Kier molecular flexibility index (Phi) is 3.06. The normalized spacial score (nSPS) is 10.5. The zero-order chi connectivity index (χ0) is 12.4. The standard InChI is InChI=1S/C10H9ClN4O2/c1-7-4-9(2-3-10(7)15(16)17)14-6-8(5-11)12-13-14/h2-4,6H,5H2,1H3. The molecule has 2 rings (SSSR count). The zero-order valence-electron chi connectivity index (χ0n) is 9.00. The van der Waals surface area contributed by atoms with Crippen LogP contribution >= 0.6 is 11.6 Å². The van der Waals surface area contributed by atoms with E-state index in [-0.39, 0.29) is 11.6 Å². The van der Waals surface area contributed by atoms with Gasteiger partial charge in [-0.05, 0) is 19.1 Å². The Morgan fingerprint density at radius 3 is 2.82 bits per heavy atom. The third-order valence-corrected chi connectivity index (χ3v) is 2.59. The lowest BCUT2D eigenvalue weighted by Gasteiger charge is -2.02. The van der Waals surface area contributed by atoms with Gasteiger partial charge in [0.2, 0.25) is 0 Å². The van der Waals surface area contributed by atoms with Gasteiger partial charge in [-0.2, -0.15) is 0 Å². The number of nitrogens with zero attached hydrogens (tertiary/aromatic N) is 4. The van der Waals surface area contributed by atoms with Gasteiger partial charge in [-0.25, -0.2) is 4.68 Å². The number of benzene rings is 1. The summed E-state index contributed by atoms with van der Waals surface area (Å²) in [7, 11) is 0. The first-order valence-electron chi connectivity index (χ1n) is 4.84. The van der Waals surface area contributed by atoms with E-state index >= 15 is 0 Å².